The van der Waals surface area contributed by atoms with Crippen molar-refractivity contribution in [1.29, 1.82) is 0 Å². The molecule has 1 aromatic carbocycles. The molecule has 0 aliphatic rings. The number of hydrogen-bond acceptors (Lipinski definition) is 2. The SMILES string of the molecule is Cc1noc2ccc(CBr)cc12. The second-order valence-corrected chi connectivity index (χ2v) is 3.29. The molecule has 2 rings (SSSR count). The molecule has 12 heavy (non-hydrogen) atoms. The Morgan fingerprint density at radius 3 is 3.08 bits per heavy atom. The van der Waals surface area contributed by atoms with Gasteiger partial charge in [-0.2, -0.15) is 0 Å². The zero-order chi connectivity index (χ0) is 8.55. The summed E-state index contributed by atoms with van der Waals surface area (Å²) < 4.78 is 5.08. The van der Waals surface area contributed by atoms with E-state index in [-0.39, 0.29) is 0 Å². The number of alkyl halides is 1. The molecular weight excluding hydrogens is 218 g/mol. The maximum Gasteiger partial charge on any atom is 0.167 e. The van der Waals surface area contributed by atoms with E-state index in [1.165, 1.54) is 5.56 Å². The normalized spacial score (nSPS) is 10.8. The average molecular weight is 226 g/mol. The Hall–Kier alpha value is -0.830. The number of aryl methyl sites for hydroxylation is 1. The molecule has 0 bridgehead atoms. The summed E-state index contributed by atoms with van der Waals surface area (Å²) in [6, 6.07) is 6.07. The van der Waals surface area contributed by atoms with Crippen LogP contribution in [0.3, 0.4) is 0 Å². The third kappa shape index (κ3) is 1.14. The number of hydrogen-bond donors (Lipinski definition) is 0. The molecule has 62 valence electrons. The number of aromatic nitrogens is 1. The first-order valence-corrected chi connectivity index (χ1v) is 4.84. The molecule has 3 heteroatoms. The third-order valence-electron chi connectivity index (χ3n) is 1.87. The van der Waals surface area contributed by atoms with E-state index in [4.69, 9.17) is 4.52 Å². The van der Waals surface area contributed by atoms with Crippen LogP contribution in [0.25, 0.3) is 11.0 Å². The van der Waals surface area contributed by atoms with E-state index < -0.39 is 0 Å². The van der Waals surface area contributed by atoms with Gasteiger partial charge in [-0.15, -0.1) is 0 Å². The highest BCUT2D eigenvalue weighted by Gasteiger charge is 2.03. The summed E-state index contributed by atoms with van der Waals surface area (Å²) in [7, 11) is 0. The first-order valence-electron chi connectivity index (χ1n) is 3.72. The quantitative estimate of drug-likeness (QED) is 0.698. The van der Waals surface area contributed by atoms with Crippen molar-refractivity contribution in [2.75, 3.05) is 0 Å². The largest absolute Gasteiger partial charge is 0.356 e. The summed E-state index contributed by atoms with van der Waals surface area (Å²) in [5.74, 6) is 0. The van der Waals surface area contributed by atoms with E-state index in [0.717, 1.165) is 22.0 Å². The Bertz CT molecular complexity index is 408. The zero-order valence-electron chi connectivity index (χ0n) is 6.67. The van der Waals surface area contributed by atoms with Crippen LogP contribution in [0.1, 0.15) is 11.3 Å². The summed E-state index contributed by atoms with van der Waals surface area (Å²) in [5.41, 5.74) is 3.05. The molecule has 0 saturated carbocycles. The minimum Gasteiger partial charge on any atom is -0.356 e. The van der Waals surface area contributed by atoms with Crippen LogP contribution in [0.2, 0.25) is 0 Å². The van der Waals surface area contributed by atoms with Crippen LogP contribution in [0.5, 0.6) is 0 Å². The molecule has 0 atom stereocenters. The van der Waals surface area contributed by atoms with Gasteiger partial charge in [-0.05, 0) is 24.6 Å². The first kappa shape index (κ1) is 7.80. The van der Waals surface area contributed by atoms with Gasteiger partial charge in [0.05, 0.1) is 5.69 Å². The smallest absolute Gasteiger partial charge is 0.167 e. The van der Waals surface area contributed by atoms with Gasteiger partial charge in [-0.3, -0.25) is 0 Å². The van der Waals surface area contributed by atoms with E-state index in [1.54, 1.807) is 0 Å². The van der Waals surface area contributed by atoms with E-state index in [9.17, 15) is 0 Å². The lowest BCUT2D eigenvalue weighted by atomic mass is 10.1. The lowest BCUT2D eigenvalue weighted by Crippen LogP contribution is -1.76. The van der Waals surface area contributed by atoms with Gasteiger partial charge in [0.1, 0.15) is 0 Å². The average Bonchev–Trinajstić information content (AvgIpc) is 2.47. The van der Waals surface area contributed by atoms with Crippen LogP contribution in [-0.4, -0.2) is 5.16 Å². The fourth-order valence-electron chi connectivity index (χ4n) is 1.19. The van der Waals surface area contributed by atoms with Crippen molar-refractivity contribution in [2.45, 2.75) is 12.3 Å². The van der Waals surface area contributed by atoms with E-state index >= 15 is 0 Å². The minimum atomic E-state index is 0.859. The van der Waals surface area contributed by atoms with Crippen molar-refractivity contribution in [1.82, 2.24) is 5.16 Å². The predicted molar refractivity (Wildman–Crippen MR) is 51.4 cm³/mol. The lowest BCUT2D eigenvalue weighted by Gasteiger charge is -1.93. The fourth-order valence-corrected chi connectivity index (χ4v) is 1.54. The Morgan fingerprint density at radius 1 is 1.50 bits per heavy atom. The van der Waals surface area contributed by atoms with Crippen LogP contribution in [0.4, 0.5) is 0 Å². The molecule has 0 unspecified atom stereocenters. The highest BCUT2D eigenvalue weighted by atomic mass is 79.9. The molecule has 0 fully saturated rings. The molecule has 1 heterocycles. The monoisotopic (exact) mass is 225 g/mol. The van der Waals surface area contributed by atoms with Crippen LogP contribution in [0.15, 0.2) is 22.7 Å². The van der Waals surface area contributed by atoms with Gasteiger partial charge in [0.2, 0.25) is 0 Å². The number of fused-ring (bicyclic) bond motifs is 1. The Kier molecular flexibility index (Phi) is 1.89. The van der Waals surface area contributed by atoms with Gasteiger partial charge in [0.15, 0.2) is 5.58 Å². The van der Waals surface area contributed by atoms with Crippen molar-refractivity contribution >= 4 is 26.9 Å². The van der Waals surface area contributed by atoms with Gasteiger partial charge < -0.3 is 4.52 Å². The fraction of sp³-hybridized carbons (Fsp3) is 0.222. The van der Waals surface area contributed by atoms with Crippen molar-refractivity contribution in [2.24, 2.45) is 0 Å². The number of halogens is 1. The number of rotatable bonds is 1. The molecule has 2 aromatic rings. The minimum absolute atomic E-state index is 0.859. The zero-order valence-corrected chi connectivity index (χ0v) is 8.26. The topological polar surface area (TPSA) is 26.0 Å². The van der Waals surface area contributed by atoms with E-state index in [1.807, 2.05) is 19.1 Å². The van der Waals surface area contributed by atoms with E-state index in [2.05, 4.69) is 27.2 Å². The van der Waals surface area contributed by atoms with Gasteiger partial charge in [-0.1, -0.05) is 27.2 Å². The molecule has 0 N–H and O–H groups in total. The summed E-state index contributed by atoms with van der Waals surface area (Å²) in [4.78, 5) is 0. The van der Waals surface area contributed by atoms with Crippen molar-refractivity contribution < 1.29 is 4.52 Å². The standard InChI is InChI=1S/C9H8BrNO/c1-6-8-4-7(5-10)2-3-9(8)12-11-6/h2-4H,5H2,1H3. The van der Waals surface area contributed by atoms with Gasteiger partial charge >= 0.3 is 0 Å². The number of benzene rings is 1. The van der Waals surface area contributed by atoms with Crippen LogP contribution in [0, 0.1) is 6.92 Å². The molecule has 0 radical (unpaired) electrons. The summed E-state index contributed by atoms with van der Waals surface area (Å²) in [6.07, 6.45) is 0. The third-order valence-corrected chi connectivity index (χ3v) is 2.52. The Labute approximate surface area is 78.7 Å². The highest BCUT2D eigenvalue weighted by Crippen LogP contribution is 2.20. The molecule has 0 amide bonds. The molecule has 2 nitrogen and oxygen atoms in total. The molecule has 0 spiro atoms. The van der Waals surface area contributed by atoms with Crippen molar-refractivity contribution in [3.8, 4) is 0 Å². The van der Waals surface area contributed by atoms with Gasteiger partial charge in [0.25, 0.3) is 0 Å². The van der Waals surface area contributed by atoms with Gasteiger partial charge in [0, 0.05) is 10.7 Å². The summed E-state index contributed by atoms with van der Waals surface area (Å²) in [5, 5.41) is 5.85. The molecule has 1 aromatic heterocycles. The van der Waals surface area contributed by atoms with Crippen molar-refractivity contribution in [3.05, 3.63) is 29.5 Å². The Balaban J connectivity index is 2.71. The maximum absolute atomic E-state index is 5.08. The van der Waals surface area contributed by atoms with E-state index in [0.29, 0.717) is 0 Å². The summed E-state index contributed by atoms with van der Waals surface area (Å²) in [6.45, 7) is 1.95. The maximum atomic E-state index is 5.08. The Morgan fingerprint density at radius 2 is 2.33 bits per heavy atom. The predicted octanol–water partition coefficient (Wildman–Crippen LogP) is 3.03. The second kappa shape index (κ2) is 2.90. The summed E-state index contributed by atoms with van der Waals surface area (Å²) >= 11 is 3.41. The second-order valence-electron chi connectivity index (χ2n) is 2.73. The molecular formula is C9H8BrNO. The first-order chi connectivity index (χ1) is 5.81. The van der Waals surface area contributed by atoms with Crippen LogP contribution in [-0.2, 0) is 5.33 Å². The number of nitrogens with zero attached hydrogens (tertiary/aromatic N) is 1. The highest BCUT2D eigenvalue weighted by molar-refractivity contribution is 9.08. The molecule has 0 aliphatic heterocycles. The van der Waals surface area contributed by atoms with Crippen LogP contribution >= 0.6 is 15.9 Å². The molecule has 0 saturated heterocycles. The molecule has 0 aliphatic carbocycles. The lowest BCUT2D eigenvalue weighted by molar-refractivity contribution is 0.450. The van der Waals surface area contributed by atoms with Gasteiger partial charge in [-0.25, -0.2) is 0 Å². The van der Waals surface area contributed by atoms with Crippen molar-refractivity contribution in [3.63, 3.8) is 0 Å². The van der Waals surface area contributed by atoms with Crippen LogP contribution < -0.4 is 0 Å².